The van der Waals surface area contributed by atoms with Crippen molar-refractivity contribution in [1.29, 1.82) is 0 Å². The second kappa shape index (κ2) is 20.0. The summed E-state index contributed by atoms with van der Waals surface area (Å²) in [5.74, 6) is -0.788. The van der Waals surface area contributed by atoms with Gasteiger partial charge in [-0.1, -0.05) is 33.3 Å². The first-order chi connectivity index (χ1) is 29.2. The number of allylic oxidation sites excluding steroid dienone is 3. The van der Waals surface area contributed by atoms with Crippen molar-refractivity contribution in [3.63, 3.8) is 0 Å². The van der Waals surface area contributed by atoms with Gasteiger partial charge in [0.1, 0.15) is 24.7 Å². The van der Waals surface area contributed by atoms with Crippen LogP contribution >= 0.6 is 0 Å². The van der Waals surface area contributed by atoms with Crippen molar-refractivity contribution in [2.45, 2.75) is 81.9 Å². The van der Waals surface area contributed by atoms with Crippen molar-refractivity contribution in [2.24, 2.45) is 0 Å². The number of carbonyl (C=O) groups excluding carboxylic acids is 1. The maximum absolute atomic E-state index is 12.5. The van der Waals surface area contributed by atoms with Gasteiger partial charge in [0.2, 0.25) is 17.1 Å². The third-order valence-corrected chi connectivity index (χ3v) is 12.6. The molecule has 0 amide bonds. The Labute approximate surface area is 363 Å². The number of fused-ring (bicyclic) bond motifs is 2. The maximum Gasteiger partial charge on any atom is 0.333 e. The van der Waals surface area contributed by atoms with E-state index in [1.807, 2.05) is 42.2 Å². The van der Waals surface area contributed by atoms with Crippen LogP contribution in [0.4, 0.5) is 5.69 Å². The van der Waals surface area contributed by atoms with Crippen molar-refractivity contribution < 1.29 is 59.7 Å². The molecule has 0 bridgehead atoms. The average Bonchev–Trinajstić information content (AvgIpc) is 3.63. The van der Waals surface area contributed by atoms with Gasteiger partial charge in [0.25, 0.3) is 20.2 Å². The monoisotopic (exact) mass is 900 g/mol. The van der Waals surface area contributed by atoms with Crippen LogP contribution in [0.15, 0.2) is 81.8 Å². The number of carbonyl (C=O) groups is 1. The molecular weight excluding hydrogens is 843 g/mol. The van der Waals surface area contributed by atoms with Gasteiger partial charge in [0.05, 0.1) is 16.7 Å². The average molecular weight is 901 g/mol. The number of anilines is 1. The number of aromatic nitrogens is 1. The van der Waals surface area contributed by atoms with Crippen molar-refractivity contribution in [3.05, 3.63) is 94.7 Å². The van der Waals surface area contributed by atoms with Crippen LogP contribution in [0.5, 0.6) is 11.8 Å². The number of nitrogens with zero attached hydrogens (tertiary/aromatic N) is 3. The van der Waals surface area contributed by atoms with E-state index in [4.69, 9.17) is 18.7 Å². The summed E-state index contributed by atoms with van der Waals surface area (Å²) >= 11 is 0. The van der Waals surface area contributed by atoms with Crippen molar-refractivity contribution in [3.8, 4) is 23.1 Å². The van der Waals surface area contributed by atoms with E-state index in [9.17, 15) is 40.9 Å². The molecule has 1 aliphatic carbocycles. The van der Waals surface area contributed by atoms with Gasteiger partial charge in [-0.05, 0) is 91.6 Å². The minimum atomic E-state index is -4.61. The molecule has 18 heteroatoms. The Bertz CT molecular complexity index is 2520. The van der Waals surface area contributed by atoms with Gasteiger partial charge >= 0.3 is 5.97 Å². The van der Waals surface area contributed by atoms with Gasteiger partial charge in [-0.2, -0.15) is 16.8 Å². The first-order valence-corrected chi connectivity index (χ1v) is 23.4. The molecule has 3 heterocycles. The molecule has 1 aromatic carbocycles. The molecule has 338 valence electrons. The van der Waals surface area contributed by atoms with Crippen LogP contribution < -0.4 is 19.7 Å². The summed E-state index contributed by atoms with van der Waals surface area (Å²) in [5.41, 5.74) is 2.67. The molecule has 5 rings (SSSR count). The van der Waals surface area contributed by atoms with Crippen LogP contribution in [0.2, 0.25) is 0 Å². The number of ether oxygens (including phenoxy) is 2. The number of methoxy groups -OCH3 is 2. The lowest BCUT2D eigenvalue weighted by Crippen LogP contribution is -2.35. The van der Waals surface area contributed by atoms with Gasteiger partial charge in [-0.25, -0.2) is 9.37 Å². The summed E-state index contributed by atoms with van der Waals surface area (Å²) in [5, 5.41) is 20.6. The number of rotatable bonds is 20. The molecule has 2 aromatic rings. The lowest BCUT2D eigenvalue weighted by atomic mass is 9.77. The molecule has 0 spiro atoms. The first kappa shape index (κ1) is 48.1. The Kier molecular flexibility index (Phi) is 15.5. The molecular formula is C44H58N3O13S2+. The molecule has 2 aliphatic heterocycles. The summed E-state index contributed by atoms with van der Waals surface area (Å²) < 4.78 is 88.2. The predicted octanol–water partition coefficient (Wildman–Crippen LogP) is 5.77. The largest absolute Gasteiger partial charge is 0.492 e. The highest BCUT2D eigenvalue weighted by molar-refractivity contribution is 7.86. The Balaban J connectivity index is 1.54. The molecule has 0 radical (unpaired) electrons. The van der Waals surface area contributed by atoms with Crippen molar-refractivity contribution in [1.82, 2.24) is 9.31 Å². The lowest BCUT2D eigenvalue weighted by Gasteiger charge is -2.30. The van der Waals surface area contributed by atoms with Crippen molar-refractivity contribution in [2.75, 3.05) is 57.7 Å². The summed E-state index contributed by atoms with van der Waals surface area (Å²) in [4.78, 5) is 19.2. The van der Waals surface area contributed by atoms with Crippen LogP contribution in [0.3, 0.4) is 0 Å². The van der Waals surface area contributed by atoms with Gasteiger partial charge in [0.15, 0.2) is 13.1 Å². The smallest absolute Gasteiger partial charge is 0.333 e. The second-order valence-corrected chi connectivity index (χ2v) is 19.5. The lowest BCUT2D eigenvalue weighted by molar-refractivity contribution is -0.145. The van der Waals surface area contributed by atoms with E-state index in [-0.39, 0.29) is 29.6 Å². The Hall–Kier alpha value is -4.98. The normalized spacial score (nSPS) is 16.5. The molecule has 62 heavy (non-hydrogen) atoms. The predicted molar refractivity (Wildman–Crippen MR) is 234 cm³/mol. The van der Waals surface area contributed by atoms with Gasteiger partial charge in [-0.3, -0.25) is 9.11 Å². The molecule has 1 atom stereocenters. The minimum Gasteiger partial charge on any atom is -0.492 e. The van der Waals surface area contributed by atoms with E-state index in [0.717, 1.165) is 16.5 Å². The summed E-state index contributed by atoms with van der Waals surface area (Å²) in [7, 11) is -5.61. The second-order valence-electron chi connectivity index (χ2n) is 16.5. The number of benzene rings is 2. The topological polar surface area (TPSA) is 218 Å². The number of hydrogen-bond donors (Lipinski definition) is 4. The van der Waals surface area contributed by atoms with E-state index in [2.05, 4.69) is 37.5 Å². The third-order valence-electron chi connectivity index (χ3n) is 10.9. The highest BCUT2D eigenvalue weighted by Crippen LogP contribution is 2.51. The maximum atomic E-state index is 12.5. The summed E-state index contributed by atoms with van der Waals surface area (Å²) in [6.45, 7) is 11.0. The first-order valence-electron chi connectivity index (χ1n) is 20.3. The van der Waals surface area contributed by atoms with Crippen LogP contribution in [0, 0.1) is 0 Å². The molecule has 3 aliphatic rings. The fourth-order valence-corrected chi connectivity index (χ4v) is 8.78. The standard InChI is InChI=1S/C44H57N3O13S2/c1-43(2,3)35-29-32(59-38-28-31(15-17-34(35)38)45(23-25-57-5)24-26-58-6)12-10-13-39-44(4,21-11-27-61(51,52)53)36-30-33(62(54,55)56)16-18-37(36)46(39)22-9-7-8-14-42(50)60-47-40(48)19-20-41(47)49/h10,12-13,15-20,28-30H,7-9,11,14,21-27H2,1-6H3,(H3-,48,49,51,52,53,54,55,56)/p+1. The van der Waals surface area contributed by atoms with Crippen LogP contribution in [0.1, 0.15) is 83.1 Å². The Morgan fingerprint density at radius 2 is 1.56 bits per heavy atom. The molecule has 0 saturated heterocycles. The van der Waals surface area contributed by atoms with E-state index in [1.54, 1.807) is 20.3 Å². The molecule has 1 unspecified atom stereocenters. The third kappa shape index (κ3) is 11.9. The Morgan fingerprint density at radius 3 is 2.18 bits per heavy atom. The highest BCUT2D eigenvalue weighted by Gasteiger charge is 2.43. The highest BCUT2D eigenvalue weighted by atomic mass is 32.2. The fourth-order valence-electron chi connectivity index (χ4n) is 7.76. The summed E-state index contributed by atoms with van der Waals surface area (Å²) in [6, 6.07) is 14.8. The van der Waals surface area contributed by atoms with Crippen molar-refractivity contribution >= 4 is 38.0 Å². The SMILES string of the molecule is COCC[N+](CCOC)=c1ccc2c(C(C)(C)C)cc(C=CC=C3N(CCCCCC(=O)On4c(O)ccc4O)c4ccc(S(=O)(=O)O)cc4C3(C)CCCS(=O)(=O)O)oc-2c1. The quantitative estimate of drug-likeness (QED) is 0.0471. The van der Waals surface area contributed by atoms with Crippen LogP contribution in [-0.4, -0.2) is 99.7 Å². The zero-order chi connectivity index (χ0) is 45.5. The van der Waals surface area contributed by atoms with E-state index in [0.29, 0.717) is 85.3 Å². The molecule has 0 saturated carbocycles. The van der Waals surface area contributed by atoms with E-state index >= 15 is 0 Å². The number of unbranched alkanes of at least 4 members (excludes halogenated alkanes) is 2. The fraction of sp³-hybridized carbons (Fsp3) is 0.455. The van der Waals surface area contributed by atoms with Crippen LogP contribution in [0.25, 0.3) is 17.4 Å². The number of hydrogen-bond acceptors (Lipinski definition) is 12. The zero-order valence-electron chi connectivity index (χ0n) is 36.0. The van der Waals surface area contributed by atoms with Gasteiger partial charge in [-0.15, -0.1) is 4.73 Å². The molecule has 0 fully saturated rings. The van der Waals surface area contributed by atoms with E-state index in [1.165, 1.54) is 24.3 Å². The minimum absolute atomic E-state index is 0.00417. The van der Waals surface area contributed by atoms with Gasteiger partial charge in [0, 0.05) is 67.7 Å². The van der Waals surface area contributed by atoms with Crippen LogP contribution in [-0.2, 0) is 45.3 Å². The zero-order valence-corrected chi connectivity index (χ0v) is 37.7. The Morgan fingerprint density at radius 1 is 0.887 bits per heavy atom. The molecule has 1 aromatic heterocycles. The van der Waals surface area contributed by atoms with Gasteiger partial charge < -0.3 is 33.8 Å². The van der Waals surface area contributed by atoms with E-state index < -0.39 is 49.1 Å². The molecule has 4 N–H and O–H groups in total. The summed E-state index contributed by atoms with van der Waals surface area (Å²) in [6.07, 6.45) is 7.27. The molecule has 16 nitrogen and oxygen atoms in total. The number of aromatic hydroxyl groups is 2.